The van der Waals surface area contributed by atoms with E-state index < -0.39 is 0 Å². The van der Waals surface area contributed by atoms with E-state index in [9.17, 15) is 4.79 Å². The highest BCUT2D eigenvalue weighted by molar-refractivity contribution is 7.99. The summed E-state index contributed by atoms with van der Waals surface area (Å²) in [5.41, 5.74) is -0.142. The number of aromatic nitrogens is 3. The highest BCUT2D eigenvalue weighted by Gasteiger charge is 2.23. The molecule has 1 aliphatic carbocycles. The molecule has 1 heterocycles. The molecule has 0 saturated heterocycles. The Morgan fingerprint density at radius 1 is 1.50 bits per heavy atom. The number of H-pyrrole nitrogens is 1. The first-order valence-electron chi connectivity index (χ1n) is 6.64. The predicted molar refractivity (Wildman–Crippen MR) is 74.0 cm³/mol. The van der Waals surface area contributed by atoms with Crippen molar-refractivity contribution in [2.45, 2.75) is 43.3 Å². The Morgan fingerprint density at radius 2 is 2.22 bits per heavy atom. The van der Waals surface area contributed by atoms with Crippen LogP contribution in [0.1, 0.15) is 32.1 Å². The van der Waals surface area contributed by atoms with Crippen LogP contribution < -0.4 is 11.0 Å². The maximum absolute atomic E-state index is 11.3. The quantitative estimate of drug-likeness (QED) is 0.793. The van der Waals surface area contributed by atoms with E-state index in [1.54, 1.807) is 23.4 Å². The Hall–Kier alpha value is -0.750. The fourth-order valence-electron chi connectivity index (χ4n) is 2.62. The van der Waals surface area contributed by atoms with Crippen molar-refractivity contribution < 1.29 is 0 Å². The molecule has 0 bridgehead atoms. The fourth-order valence-corrected chi connectivity index (χ4v) is 3.77. The molecule has 0 radical (unpaired) electrons. The molecule has 102 valence electrons. The Morgan fingerprint density at radius 3 is 2.78 bits per heavy atom. The van der Waals surface area contributed by atoms with E-state index in [0.29, 0.717) is 6.04 Å². The summed E-state index contributed by atoms with van der Waals surface area (Å²) in [7, 11) is 3.78. The lowest BCUT2D eigenvalue weighted by Crippen LogP contribution is -2.37. The number of thioether (sulfide) groups is 1. The minimum Gasteiger partial charge on any atom is -0.316 e. The Balaban J connectivity index is 1.90. The van der Waals surface area contributed by atoms with Gasteiger partial charge in [0, 0.05) is 18.8 Å². The van der Waals surface area contributed by atoms with Gasteiger partial charge in [-0.2, -0.15) is 0 Å². The number of rotatable bonds is 5. The first kappa shape index (κ1) is 13.7. The van der Waals surface area contributed by atoms with Gasteiger partial charge in [0.2, 0.25) is 0 Å². The van der Waals surface area contributed by atoms with Crippen LogP contribution >= 0.6 is 11.8 Å². The van der Waals surface area contributed by atoms with Gasteiger partial charge in [-0.05, 0) is 25.8 Å². The molecular formula is C12H22N4OS. The predicted octanol–water partition coefficient (Wildman–Crippen LogP) is 1.37. The first-order chi connectivity index (χ1) is 8.72. The van der Waals surface area contributed by atoms with Crippen molar-refractivity contribution in [2.24, 2.45) is 13.0 Å². The van der Waals surface area contributed by atoms with E-state index >= 15 is 0 Å². The zero-order chi connectivity index (χ0) is 13.0. The van der Waals surface area contributed by atoms with Crippen LogP contribution in [-0.4, -0.2) is 33.6 Å². The molecule has 0 aromatic carbocycles. The topological polar surface area (TPSA) is 62.7 Å². The van der Waals surface area contributed by atoms with Gasteiger partial charge in [0.05, 0.1) is 0 Å². The average Bonchev–Trinajstić information content (AvgIpc) is 2.72. The second-order valence-electron chi connectivity index (χ2n) is 4.97. The maximum atomic E-state index is 11.3. The van der Waals surface area contributed by atoms with Crippen LogP contribution in [0.3, 0.4) is 0 Å². The zero-order valence-corrected chi connectivity index (χ0v) is 11.9. The van der Waals surface area contributed by atoms with E-state index in [4.69, 9.17) is 0 Å². The van der Waals surface area contributed by atoms with Crippen LogP contribution in [-0.2, 0) is 7.05 Å². The van der Waals surface area contributed by atoms with Crippen molar-refractivity contribution in [3.05, 3.63) is 10.5 Å². The second kappa shape index (κ2) is 6.43. The van der Waals surface area contributed by atoms with Gasteiger partial charge in [-0.15, -0.1) is 5.10 Å². The first-order valence-corrected chi connectivity index (χ1v) is 7.62. The lowest BCUT2D eigenvalue weighted by Gasteiger charge is -2.29. The Bertz CT molecular complexity index is 422. The number of aromatic amines is 1. The molecule has 6 heteroatoms. The van der Waals surface area contributed by atoms with Gasteiger partial charge in [-0.3, -0.25) is 4.57 Å². The minimum atomic E-state index is -0.142. The molecule has 0 amide bonds. The number of hydrogen-bond donors (Lipinski definition) is 2. The molecule has 1 aliphatic rings. The highest BCUT2D eigenvalue weighted by Crippen LogP contribution is 2.28. The van der Waals surface area contributed by atoms with E-state index in [1.165, 1.54) is 32.1 Å². The van der Waals surface area contributed by atoms with E-state index in [-0.39, 0.29) is 5.69 Å². The molecular weight excluding hydrogens is 248 g/mol. The smallest absolute Gasteiger partial charge is 0.316 e. The SMILES string of the molecule is CNC(CSc1n[nH]c(=O)n1C)C1CCCCC1. The molecule has 1 atom stereocenters. The maximum Gasteiger partial charge on any atom is 0.343 e. The average molecular weight is 270 g/mol. The number of hydrogen-bond acceptors (Lipinski definition) is 4. The van der Waals surface area contributed by atoms with Crippen LogP contribution in [0, 0.1) is 5.92 Å². The summed E-state index contributed by atoms with van der Waals surface area (Å²) < 4.78 is 1.57. The van der Waals surface area contributed by atoms with Gasteiger partial charge >= 0.3 is 5.69 Å². The normalized spacial score (nSPS) is 19.0. The van der Waals surface area contributed by atoms with Crippen molar-refractivity contribution >= 4 is 11.8 Å². The molecule has 18 heavy (non-hydrogen) atoms. The zero-order valence-electron chi connectivity index (χ0n) is 11.1. The molecule has 1 aromatic heterocycles. The molecule has 0 aliphatic heterocycles. The molecule has 1 unspecified atom stereocenters. The summed E-state index contributed by atoms with van der Waals surface area (Å²) in [5, 5.41) is 10.7. The van der Waals surface area contributed by atoms with E-state index in [0.717, 1.165) is 16.8 Å². The number of nitrogens with zero attached hydrogens (tertiary/aromatic N) is 2. The number of nitrogens with one attached hydrogen (secondary N) is 2. The molecule has 1 fully saturated rings. The second-order valence-corrected chi connectivity index (χ2v) is 5.96. The highest BCUT2D eigenvalue weighted by atomic mass is 32.2. The third-order valence-corrected chi connectivity index (χ3v) is 4.97. The Kier molecular flexibility index (Phi) is 4.88. The summed E-state index contributed by atoms with van der Waals surface area (Å²) in [5.74, 6) is 1.74. The van der Waals surface area contributed by atoms with Gasteiger partial charge in [0.1, 0.15) is 0 Å². The van der Waals surface area contributed by atoms with Gasteiger partial charge in [-0.25, -0.2) is 9.89 Å². The van der Waals surface area contributed by atoms with Crippen molar-refractivity contribution in [3.63, 3.8) is 0 Å². The molecule has 0 spiro atoms. The van der Waals surface area contributed by atoms with Crippen LogP contribution in [0.25, 0.3) is 0 Å². The molecule has 2 rings (SSSR count). The van der Waals surface area contributed by atoms with E-state index in [2.05, 4.69) is 15.5 Å². The van der Waals surface area contributed by atoms with Crippen LogP contribution in [0.15, 0.2) is 9.95 Å². The summed E-state index contributed by atoms with van der Waals surface area (Å²) in [6.45, 7) is 0. The van der Waals surface area contributed by atoms with Gasteiger partial charge in [0.25, 0.3) is 0 Å². The monoisotopic (exact) mass is 270 g/mol. The van der Waals surface area contributed by atoms with E-state index in [1.807, 2.05) is 7.05 Å². The third kappa shape index (κ3) is 3.17. The third-order valence-electron chi connectivity index (χ3n) is 3.82. The van der Waals surface area contributed by atoms with Crippen LogP contribution in [0.2, 0.25) is 0 Å². The molecule has 1 saturated carbocycles. The van der Waals surface area contributed by atoms with Gasteiger partial charge in [0.15, 0.2) is 5.16 Å². The minimum absolute atomic E-state index is 0.142. The van der Waals surface area contributed by atoms with Gasteiger partial charge < -0.3 is 5.32 Å². The van der Waals surface area contributed by atoms with Crippen molar-refractivity contribution in [1.29, 1.82) is 0 Å². The molecule has 2 N–H and O–H groups in total. The lowest BCUT2D eigenvalue weighted by molar-refractivity contribution is 0.294. The molecule has 1 aromatic rings. The van der Waals surface area contributed by atoms with Crippen LogP contribution in [0.4, 0.5) is 0 Å². The summed E-state index contributed by atoms with van der Waals surface area (Å²) >= 11 is 1.65. The fraction of sp³-hybridized carbons (Fsp3) is 0.833. The lowest BCUT2D eigenvalue weighted by atomic mass is 9.84. The van der Waals surface area contributed by atoms with Crippen molar-refractivity contribution in [2.75, 3.05) is 12.8 Å². The standard InChI is InChI=1S/C12H22N4OS/c1-13-10(9-6-4-3-5-7-9)8-18-12-15-14-11(17)16(12)2/h9-10,13H,3-8H2,1-2H3,(H,14,17). The largest absolute Gasteiger partial charge is 0.343 e. The van der Waals surface area contributed by atoms with Crippen LogP contribution in [0.5, 0.6) is 0 Å². The van der Waals surface area contributed by atoms with Crippen molar-refractivity contribution in [3.8, 4) is 0 Å². The van der Waals surface area contributed by atoms with Gasteiger partial charge in [-0.1, -0.05) is 31.0 Å². The summed E-state index contributed by atoms with van der Waals surface area (Å²) in [6.07, 6.45) is 6.74. The van der Waals surface area contributed by atoms with Crippen molar-refractivity contribution in [1.82, 2.24) is 20.1 Å². The summed E-state index contributed by atoms with van der Waals surface area (Å²) in [6, 6.07) is 0.516. The molecule has 5 nitrogen and oxygen atoms in total. The Labute approximate surface area is 112 Å². The summed E-state index contributed by atoms with van der Waals surface area (Å²) in [4.78, 5) is 11.3.